The highest BCUT2D eigenvalue weighted by Gasteiger charge is 1.92. The predicted octanol–water partition coefficient (Wildman–Crippen LogP) is 5.45. The molecule has 0 amide bonds. The van der Waals surface area contributed by atoms with Gasteiger partial charge in [0.25, 0.3) is 0 Å². The Bertz CT molecular complexity index is 401. The highest BCUT2D eigenvalue weighted by molar-refractivity contribution is 5.82. The third-order valence-electron chi connectivity index (χ3n) is 2.22. The molecule has 0 heteroatoms. The lowest BCUT2D eigenvalue weighted by Gasteiger charge is -1.99. The molecule has 88 valence electrons. The van der Waals surface area contributed by atoms with Crippen molar-refractivity contribution in [1.29, 1.82) is 0 Å². The summed E-state index contributed by atoms with van der Waals surface area (Å²) < 4.78 is 0. The number of hydrogen-bond acceptors (Lipinski definition) is 0. The molecule has 0 aliphatic heterocycles. The summed E-state index contributed by atoms with van der Waals surface area (Å²) in [6.45, 7) is 6.43. The molecule has 0 saturated carbocycles. The molecule has 0 unspecified atom stereocenters. The zero-order chi connectivity index (χ0) is 11.1. The summed E-state index contributed by atoms with van der Waals surface area (Å²) in [6, 6.07) is 15.1. The van der Waals surface area contributed by atoms with Gasteiger partial charge in [-0.1, -0.05) is 77.1 Å². The van der Waals surface area contributed by atoms with Gasteiger partial charge in [-0.3, -0.25) is 0 Å². The maximum absolute atomic E-state index is 2.26. The van der Waals surface area contributed by atoms with E-state index in [9.17, 15) is 0 Å². The number of fused-ring (bicyclic) bond motifs is 1. The summed E-state index contributed by atoms with van der Waals surface area (Å²) in [5, 5.41) is 2.67. The minimum atomic E-state index is 0. The van der Waals surface area contributed by atoms with Crippen LogP contribution in [0.25, 0.3) is 10.8 Å². The molecule has 0 spiro atoms. The quantitative estimate of drug-likeness (QED) is 0.594. The van der Waals surface area contributed by atoms with Crippen LogP contribution < -0.4 is 0 Å². The fourth-order valence-electron chi connectivity index (χ4n) is 1.46. The molecule has 0 bridgehead atoms. The maximum atomic E-state index is 2.26. The average molecular weight is 216 g/mol. The van der Waals surface area contributed by atoms with E-state index in [4.69, 9.17) is 0 Å². The monoisotopic (exact) mass is 216 g/mol. The summed E-state index contributed by atoms with van der Waals surface area (Å²) in [7, 11) is 0. The molecule has 2 rings (SSSR count). The molecule has 0 aliphatic rings. The van der Waals surface area contributed by atoms with Gasteiger partial charge >= 0.3 is 0 Å². The maximum Gasteiger partial charge on any atom is -0.0181 e. The summed E-state index contributed by atoms with van der Waals surface area (Å²) in [6.07, 6.45) is 2.37. The summed E-state index contributed by atoms with van der Waals surface area (Å²) in [5.41, 5.74) is 1.41. The zero-order valence-electron chi connectivity index (χ0n) is 9.96. The van der Waals surface area contributed by atoms with Crippen molar-refractivity contribution >= 4 is 10.8 Å². The summed E-state index contributed by atoms with van der Waals surface area (Å²) >= 11 is 0. The van der Waals surface area contributed by atoms with Gasteiger partial charge in [0, 0.05) is 0 Å². The molecule has 16 heavy (non-hydrogen) atoms. The van der Waals surface area contributed by atoms with Crippen molar-refractivity contribution in [3.05, 3.63) is 48.0 Å². The van der Waals surface area contributed by atoms with Crippen LogP contribution in [-0.2, 0) is 6.42 Å². The number of aryl methyl sites for hydroxylation is 1. The number of rotatable bonds is 1. The van der Waals surface area contributed by atoms with Crippen molar-refractivity contribution in [1.82, 2.24) is 0 Å². The second-order valence-electron chi connectivity index (χ2n) is 3.74. The Morgan fingerprint density at radius 3 is 1.94 bits per heavy atom. The molecule has 0 saturated heterocycles. The molecule has 0 nitrogen and oxygen atoms in total. The first kappa shape index (κ1) is 14.7. The van der Waals surface area contributed by atoms with E-state index in [2.05, 4.69) is 63.2 Å². The normalized spacial score (nSPS) is 8.94. The van der Waals surface area contributed by atoms with E-state index >= 15 is 0 Å². The summed E-state index contributed by atoms with van der Waals surface area (Å²) in [5.74, 6) is 0. The fourth-order valence-corrected chi connectivity index (χ4v) is 1.46. The van der Waals surface area contributed by atoms with Crippen molar-refractivity contribution in [3.63, 3.8) is 0 Å². The molecule has 0 aliphatic carbocycles. The van der Waals surface area contributed by atoms with Gasteiger partial charge in [-0.2, -0.15) is 0 Å². The van der Waals surface area contributed by atoms with E-state index in [1.807, 2.05) is 0 Å². The van der Waals surface area contributed by atoms with Crippen molar-refractivity contribution < 1.29 is 0 Å². The lowest BCUT2D eigenvalue weighted by atomic mass is 10.1. The molecule has 0 atom stereocenters. The van der Waals surface area contributed by atoms with E-state index in [0.717, 1.165) is 6.42 Å². The molecular formula is C16H24. The Morgan fingerprint density at radius 2 is 1.38 bits per heavy atom. The summed E-state index contributed by atoms with van der Waals surface area (Å²) in [4.78, 5) is 0. The van der Waals surface area contributed by atoms with Gasteiger partial charge < -0.3 is 0 Å². The smallest absolute Gasteiger partial charge is 0.0181 e. The molecule has 0 heterocycles. The van der Waals surface area contributed by atoms with Crippen LogP contribution in [0.5, 0.6) is 0 Å². The van der Waals surface area contributed by atoms with Crippen molar-refractivity contribution in [2.24, 2.45) is 0 Å². The molecule has 0 aromatic heterocycles. The van der Waals surface area contributed by atoms with Crippen LogP contribution in [0.3, 0.4) is 0 Å². The number of hydrogen-bond donors (Lipinski definition) is 0. The van der Waals surface area contributed by atoms with Gasteiger partial charge in [-0.05, 0) is 22.8 Å². The molecule has 0 radical (unpaired) electrons. The number of benzene rings is 2. The predicted molar refractivity (Wildman–Crippen MR) is 76.0 cm³/mol. The van der Waals surface area contributed by atoms with Gasteiger partial charge in [0.15, 0.2) is 0 Å². The van der Waals surface area contributed by atoms with Crippen LogP contribution in [0.4, 0.5) is 0 Å². The highest BCUT2D eigenvalue weighted by Crippen LogP contribution is 2.15. The minimum absolute atomic E-state index is 0. The molecule has 0 N–H and O–H groups in total. The fraction of sp³-hybridized carbons (Fsp3) is 0.375. The van der Waals surface area contributed by atoms with Crippen molar-refractivity contribution in [2.75, 3.05) is 0 Å². The zero-order valence-corrected chi connectivity index (χ0v) is 9.96. The molecule has 2 aromatic rings. The van der Waals surface area contributed by atoms with Crippen LogP contribution in [0.1, 0.15) is 40.2 Å². The highest BCUT2D eigenvalue weighted by atomic mass is 14.0. The second-order valence-corrected chi connectivity index (χ2v) is 3.74. The van der Waals surface area contributed by atoms with Gasteiger partial charge in [-0.25, -0.2) is 0 Å². The third-order valence-corrected chi connectivity index (χ3v) is 2.22. The van der Waals surface area contributed by atoms with E-state index in [1.165, 1.54) is 22.8 Å². The molecule has 0 fully saturated rings. The van der Waals surface area contributed by atoms with Gasteiger partial charge in [-0.15, -0.1) is 0 Å². The molecule has 2 aromatic carbocycles. The Labute approximate surface area is 100 Å². The first-order valence-corrected chi connectivity index (χ1v) is 5.79. The van der Waals surface area contributed by atoms with Crippen LogP contribution in [0.2, 0.25) is 0 Å². The van der Waals surface area contributed by atoms with Crippen LogP contribution in [0.15, 0.2) is 42.5 Å². The largest absolute Gasteiger partial charge is 0.0776 e. The Morgan fingerprint density at radius 1 is 0.812 bits per heavy atom. The first-order valence-electron chi connectivity index (χ1n) is 5.79. The third kappa shape index (κ3) is 4.06. The van der Waals surface area contributed by atoms with Crippen molar-refractivity contribution in [2.45, 2.75) is 41.0 Å². The van der Waals surface area contributed by atoms with Crippen LogP contribution >= 0.6 is 0 Å². The molecular weight excluding hydrogens is 192 g/mol. The van der Waals surface area contributed by atoms with E-state index < -0.39 is 0 Å². The standard InChI is InChI=1S/C12H12.C3H8.CH4/c1-2-10-7-8-11-5-3-4-6-12(11)9-10;1-3-2;/h3-9H,2H2,1H3;3H2,1-2H3;1H4. The Hall–Kier alpha value is -1.30. The average Bonchev–Trinajstić information content (AvgIpc) is 2.29. The van der Waals surface area contributed by atoms with Crippen LogP contribution in [0, 0.1) is 0 Å². The Kier molecular flexibility index (Phi) is 7.28. The van der Waals surface area contributed by atoms with E-state index in [0.29, 0.717) is 0 Å². The van der Waals surface area contributed by atoms with Gasteiger partial charge in [0.1, 0.15) is 0 Å². The van der Waals surface area contributed by atoms with Crippen LogP contribution in [-0.4, -0.2) is 0 Å². The SMILES string of the molecule is C.CCC.CCc1ccc2ccccc2c1. The second kappa shape index (κ2) is 7.92. The van der Waals surface area contributed by atoms with Gasteiger partial charge in [0.2, 0.25) is 0 Å². The first-order chi connectivity index (χ1) is 7.31. The van der Waals surface area contributed by atoms with E-state index in [-0.39, 0.29) is 7.43 Å². The van der Waals surface area contributed by atoms with E-state index in [1.54, 1.807) is 0 Å². The lowest BCUT2D eigenvalue weighted by Crippen LogP contribution is -1.79. The topological polar surface area (TPSA) is 0 Å². The van der Waals surface area contributed by atoms with Crippen molar-refractivity contribution in [3.8, 4) is 0 Å². The minimum Gasteiger partial charge on any atom is -0.0776 e. The Balaban J connectivity index is 0.000000511. The van der Waals surface area contributed by atoms with Gasteiger partial charge in [0.05, 0.1) is 0 Å². The lowest BCUT2D eigenvalue weighted by molar-refractivity contribution is 1.09.